The predicted octanol–water partition coefficient (Wildman–Crippen LogP) is 2.76. The average molecular weight is 560 g/mol. The number of fused-ring (bicyclic) bond motifs is 1. The largest absolute Gasteiger partial charge is 0.394 e. The zero-order valence-corrected chi connectivity index (χ0v) is 23.3. The van der Waals surface area contributed by atoms with E-state index in [-0.39, 0.29) is 49.8 Å². The molecule has 0 saturated carbocycles. The van der Waals surface area contributed by atoms with E-state index in [0.29, 0.717) is 69.8 Å². The Morgan fingerprint density at radius 2 is 1.77 bits per heavy atom. The van der Waals surface area contributed by atoms with E-state index >= 15 is 0 Å². The maximum atomic E-state index is 14.0. The Morgan fingerprint density at radius 1 is 1.05 bits per heavy atom. The molecule has 3 heterocycles. The minimum Gasteiger partial charge on any atom is -0.394 e. The van der Waals surface area contributed by atoms with Crippen molar-refractivity contribution >= 4 is 17.5 Å². The van der Waals surface area contributed by atoms with E-state index in [1.165, 1.54) is 21.5 Å². The maximum absolute atomic E-state index is 14.0. The van der Waals surface area contributed by atoms with E-state index in [1.807, 2.05) is 6.07 Å². The SMILES string of the molecule is Cc1cccc(N2CCN(C(=O)Cn3nc(C(=O)N4CCC(OCCO)CC4)c4c3CCC4C(F)F)CC2)c1C. The van der Waals surface area contributed by atoms with Gasteiger partial charge in [-0.2, -0.15) is 5.10 Å². The van der Waals surface area contributed by atoms with Gasteiger partial charge in [0.05, 0.1) is 19.3 Å². The molecule has 1 aromatic carbocycles. The quantitative estimate of drug-likeness (QED) is 0.535. The molecular weight excluding hydrogens is 520 g/mol. The van der Waals surface area contributed by atoms with Crippen LogP contribution in [0.3, 0.4) is 0 Å². The summed E-state index contributed by atoms with van der Waals surface area (Å²) in [6.07, 6.45) is -0.808. The number of aromatic nitrogens is 2. The molecule has 2 saturated heterocycles. The van der Waals surface area contributed by atoms with Crippen LogP contribution in [0, 0.1) is 13.8 Å². The zero-order valence-electron chi connectivity index (χ0n) is 23.3. The Labute approximate surface area is 233 Å². The van der Waals surface area contributed by atoms with Gasteiger partial charge in [-0.05, 0) is 56.7 Å². The lowest BCUT2D eigenvalue weighted by Crippen LogP contribution is -2.50. The highest BCUT2D eigenvalue weighted by Gasteiger charge is 2.40. The smallest absolute Gasteiger partial charge is 0.274 e. The molecule has 1 unspecified atom stereocenters. The molecule has 11 heteroatoms. The first kappa shape index (κ1) is 28.5. The molecule has 9 nitrogen and oxygen atoms in total. The number of halogens is 2. The van der Waals surface area contributed by atoms with Gasteiger partial charge in [-0.25, -0.2) is 8.78 Å². The fraction of sp³-hybridized carbons (Fsp3) is 0.621. The molecule has 0 bridgehead atoms. The Morgan fingerprint density at radius 3 is 2.45 bits per heavy atom. The number of rotatable bonds is 8. The van der Waals surface area contributed by atoms with Crippen molar-refractivity contribution in [3.63, 3.8) is 0 Å². The number of alkyl halides is 2. The van der Waals surface area contributed by atoms with Gasteiger partial charge in [0, 0.05) is 62.1 Å². The van der Waals surface area contributed by atoms with Gasteiger partial charge < -0.3 is 24.5 Å². The first-order valence-corrected chi connectivity index (χ1v) is 14.3. The number of hydrogen-bond donors (Lipinski definition) is 1. The van der Waals surface area contributed by atoms with Crippen molar-refractivity contribution < 1.29 is 28.2 Å². The summed E-state index contributed by atoms with van der Waals surface area (Å²) in [7, 11) is 0. The van der Waals surface area contributed by atoms with Crippen LogP contribution in [0.1, 0.15) is 58.1 Å². The van der Waals surface area contributed by atoms with E-state index in [0.717, 1.165) is 0 Å². The lowest BCUT2D eigenvalue weighted by molar-refractivity contribution is -0.132. The van der Waals surface area contributed by atoms with Crippen molar-refractivity contribution in [1.29, 1.82) is 0 Å². The summed E-state index contributed by atoms with van der Waals surface area (Å²) < 4.78 is 35.1. The summed E-state index contributed by atoms with van der Waals surface area (Å²) in [5.74, 6) is -1.53. The number of aliphatic hydroxyl groups is 1. The van der Waals surface area contributed by atoms with Crippen molar-refractivity contribution in [3.05, 3.63) is 46.3 Å². The van der Waals surface area contributed by atoms with Gasteiger partial charge in [0.2, 0.25) is 12.3 Å². The van der Waals surface area contributed by atoms with Crippen LogP contribution in [0.15, 0.2) is 18.2 Å². The molecule has 1 atom stereocenters. The lowest BCUT2D eigenvalue weighted by atomic mass is 10.0. The summed E-state index contributed by atoms with van der Waals surface area (Å²) in [5, 5.41) is 13.5. The van der Waals surface area contributed by atoms with Crippen LogP contribution in [0.25, 0.3) is 0 Å². The van der Waals surface area contributed by atoms with Crippen LogP contribution < -0.4 is 4.90 Å². The molecule has 2 aromatic rings. The van der Waals surface area contributed by atoms with Gasteiger partial charge >= 0.3 is 0 Å². The van der Waals surface area contributed by atoms with Crippen LogP contribution in [-0.4, -0.2) is 102 Å². The molecule has 0 radical (unpaired) electrons. The molecule has 2 fully saturated rings. The van der Waals surface area contributed by atoms with Crippen molar-refractivity contribution in [2.45, 2.75) is 64.5 Å². The van der Waals surface area contributed by atoms with E-state index < -0.39 is 12.3 Å². The molecule has 0 spiro atoms. The van der Waals surface area contributed by atoms with Crippen molar-refractivity contribution in [2.75, 3.05) is 57.4 Å². The van der Waals surface area contributed by atoms with Crippen molar-refractivity contribution in [1.82, 2.24) is 19.6 Å². The monoisotopic (exact) mass is 559 g/mol. The molecular formula is C29H39F2N5O4. The Balaban J connectivity index is 1.27. The van der Waals surface area contributed by atoms with Gasteiger partial charge in [0.1, 0.15) is 6.54 Å². The summed E-state index contributed by atoms with van der Waals surface area (Å²) in [5.41, 5.74) is 4.60. The Bertz CT molecular complexity index is 1220. The zero-order chi connectivity index (χ0) is 28.4. The summed E-state index contributed by atoms with van der Waals surface area (Å²) in [6, 6.07) is 6.25. The van der Waals surface area contributed by atoms with Crippen LogP contribution in [0.2, 0.25) is 0 Å². The van der Waals surface area contributed by atoms with E-state index in [4.69, 9.17) is 9.84 Å². The number of piperazine rings is 1. The number of hydrogen-bond acceptors (Lipinski definition) is 6. The molecule has 1 N–H and O–H groups in total. The first-order chi connectivity index (χ1) is 19.3. The van der Waals surface area contributed by atoms with Gasteiger partial charge in [-0.1, -0.05) is 12.1 Å². The molecule has 218 valence electrons. The number of aryl methyl sites for hydroxylation is 1. The summed E-state index contributed by atoms with van der Waals surface area (Å²) in [4.78, 5) is 32.5. The standard InChI is InChI=1S/C29H39F2N5O4/c1-19-4-3-5-23(20(19)2)33-12-14-34(15-13-33)25(38)18-36-24-7-6-22(28(30)31)26(24)27(32-36)29(39)35-10-8-21(9-11-35)40-17-16-37/h3-5,21-22,28,37H,6-18H2,1-2H3. The Kier molecular flexibility index (Phi) is 8.70. The van der Waals surface area contributed by atoms with Crippen molar-refractivity contribution in [2.24, 2.45) is 0 Å². The topological polar surface area (TPSA) is 91.1 Å². The third-order valence-corrected chi connectivity index (χ3v) is 8.68. The molecule has 2 aliphatic heterocycles. The number of amides is 2. The van der Waals surface area contributed by atoms with Crippen LogP contribution in [0.4, 0.5) is 14.5 Å². The average Bonchev–Trinajstić information content (AvgIpc) is 3.55. The highest BCUT2D eigenvalue weighted by atomic mass is 19.3. The van der Waals surface area contributed by atoms with Crippen LogP contribution in [0.5, 0.6) is 0 Å². The molecule has 1 aliphatic carbocycles. The number of anilines is 1. The molecule has 3 aliphatic rings. The number of aliphatic hydroxyl groups excluding tert-OH is 1. The molecule has 1 aromatic heterocycles. The highest BCUT2D eigenvalue weighted by molar-refractivity contribution is 5.94. The highest BCUT2D eigenvalue weighted by Crippen LogP contribution is 2.40. The van der Waals surface area contributed by atoms with Crippen molar-refractivity contribution in [3.8, 4) is 0 Å². The second kappa shape index (κ2) is 12.2. The second-order valence-corrected chi connectivity index (χ2v) is 11.0. The number of nitrogens with zero attached hydrogens (tertiary/aromatic N) is 5. The lowest BCUT2D eigenvalue weighted by Gasteiger charge is -2.37. The number of benzene rings is 1. The number of carbonyl (C=O) groups is 2. The number of ether oxygens (including phenoxy) is 1. The third kappa shape index (κ3) is 5.72. The normalized spacial score (nSPS) is 19.9. The second-order valence-electron chi connectivity index (χ2n) is 11.0. The van der Waals surface area contributed by atoms with Gasteiger partial charge in [-0.3, -0.25) is 14.3 Å². The fourth-order valence-electron chi connectivity index (χ4n) is 6.24. The van der Waals surface area contributed by atoms with E-state index in [1.54, 1.807) is 9.80 Å². The van der Waals surface area contributed by atoms with Gasteiger partial charge in [0.15, 0.2) is 5.69 Å². The third-order valence-electron chi connectivity index (χ3n) is 8.68. The van der Waals surface area contributed by atoms with E-state index in [2.05, 4.69) is 36.0 Å². The van der Waals surface area contributed by atoms with Gasteiger partial charge in [-0.15, -0.1) is 0 Å². The first-order valence-electron chi connectivity index (χ1n) is 14.3. The number of piperidine rings is 1. The maximum Gasteiger partial charge on any atom is 0.274 e. The van der Waals surface area contributed by atoms with Crippen LogP contribution >= 0.6 is 0 Å². The summed E-state index contributed by atoms with van der Waals surface area (Å²) in [6.45, 7) is 7.74. The number of carbonyl (C=O) groups excluding carboxylic acids is 2. The minimum absolute atomic E-state index is 0.0406. The van der Waals surface area contributed by atoms with E-state index in [9.17, 15) is 18.4 Å². The fourth-order valence-corrected chi connectivity index (χ4v) is 6.24. The summed E-state index contributed by atoms with van der Waals surface area (Å²) >= 11 is 0. The van der Waals surface area contributed by atoms with Crippen LogP contribution in [-0.2, 0) is 22.5 Å². The molecule has 40 heavy (non-hydrogen) atoms. The number of likely N-dealkylation sites (tertiary alicyclic amines) is 1. The minimum atomic E-state index is -2.60. The van der Waals surface area contributed by atoms with Gasteiger partial charge in [0.25, 0.3) is 5.91 Å². The molecule has 2 amide bonds. The predicted molar refractivity (Wildman–Crippen MR) is 146 cm³/mol. The Hall–Kier alpha value is -3.05. The molecule has 5 rings (SSSR count).